The third-order valence-corrected chi connectivity index (χ3v) is 2.33. The van der Waals surface area contributed by atoms with Crippen LogP contribution < -0.4 is 11.1 Å². The van der Waals surface area contributed by atoms with Crippen molar-refractivity contribution in [1.29, 1.82) is 0 Å². The van der Waals surface area contributed by atoms with E-state index in [-0.39, 0.29) is 13.0 Å². The number of nitrogens with one attached hydrogen (secondary N) is 1. The van der Waals surface area contributed by atoms with E-state index in [0.717, 1.165) is 17.8 Å². The predicted molar refractivity (Wildman–Crippen MR) is 63.5 cm³/mol. The standard InChI is InChI=1S/C11H16N4O3/c1-2-10-14-5-7(6-15-10)4-13-8(11(17)18)3-9(12)16/h5-6,8,13H,2-4H2,1H3,(H2,12,16)(H,17,18)/t8-/m1/s1. The summed E-state index contributed by atoms with van der Waals surface area (Å²) in [4.78, 5) is 29.7. The number of carbonyl (C=O) groups is 2. The number of hydrogen-bond donors (Lipinski definition) is 3. The molecule has 0 saturated carbocycles. The highest BCUT2D eigenvalue weighted by atomic mass is 16.4. The maximum absolute atomic E-state index is 10.9. The quantitative estimate of drug-likeness (QED) is 0.599. The van der Waals surface area contributed by atoms with Crippen molar-refractivity contribution >= 4 is 11.9 Å². The summed E-state index contributed by atoms with van der Waals surface area (Å²) < 4.78 is 0. The Morgan fingerprint density at radius 2 is 2.06 bits per heavy atom. The molecule has 7 heteroatoms. The summed E-state index contributed by atoms with van der Waals surface area (Å²) in [5, 5.41) is 11.6. The van der Waals surface area contributed by atoms with E-state index in [1.807, 2.05) is 6.92 Å². The minimum Gasteiger partial charge on any atom is -0.480 e. The number of carboxylic acids is 1. The van der Waals surface area contributed by atoms with E-state index in [4.69, 9.17) is 10.8 Å². The van der Waals surface area contributed by atoms with Gasteiger partial charge in [0.15, 0.2) is 0 Å². The molecule has 98 valence electrons. The Kier molecular flexibility index (Phi) is 5.19. The summed E-state index contributed by atoms with van der Waals surface area (Å²) in [5.74, 6) is -1.04. The lowest BCUT2D eigenvalue weighted by molar-refractivity contribution is -0.141. The molecular weight excluding hydrogens is 236 g/mol. The van der Waals surface area contributed by atoms with Crippen molar-refractivity contribution in [2.45, 2.75) is 32.4 Å². The number of hydrogen-bond acceptors (Lipinski definition) is 5. The van der Waals surface area contributed by atoms with Crippen LogP contribution in [0.15, 0.2) is 12.4 Å². The van der Waals surface area contributed by atoms with Crippen LogP contribution in [0.2, 0.25) is 0 Å². The van der Waals surface area contributed by atoms with Gasteiger partial charge in [-0.1, -0.05) is 6.92 Å². The zero-order valence-corrected chi connectivity index (χ0v) is 10.1. The van der Waals surface area contributed by atoms with Crippen molar-refractivity contribution in [2.24, 2.45) is 5.73 Å². The molecule has 4 N–H and O–H groups in total. The SMILES string of the molecule is CCc1ncc(CN[C@H](CC(N)=O)C(=O)O)cn1. The molecule has 0 saturated heterocycles. The van der Waals surface area contributed by atoms with Gasteiger partial charge in [0, 0.05) is 30.9 Å². The maximum Gasteiger partial charge on any atom is 0.321 e. The number of carboxylic acid groups (broad SMARTS) is 1. The lowest BCUT2D eigenvalue weighted by Gasteiger charge is -2.12. The molecule has 0 fully saturated rings. The number of primary amides is 1. The van der Waals surface area contributed by atoms with Crippen molar-refractivity contribution in [1.82, 2.24) is 15.3 Å². The summed E-state index contributed by atoms with van der Waals surface area (Å²) in [5.41, 5.74) is 5.72. The average Bonchev–Trinajstić information content (AvgIpc) is 2.34. The van der Waals surface area contributed by atoms with E-state index in [9.17, 15) is 9.59 Å². The molecule has 0 bridgehead atoms. The Labute approximate surface area is 104 Å². The second-order valence-corrected chi connectivity index (χ2v) is 3.80. The molecule has 1 amide bonds. The first-order valence-corrected chi connectivity index (χ1v) is 5.57. The van der Waals surface area contributed by atoms with Crippen LogP contribution in [0.25, 0.3) is 0 Å². The van der Waals surface area contributed by atoms with E-state index in [0.29, 0.717) is 0 Å². The van der Waals surface area contributed by atoms with E-state index in [1.165, 1.54) is 0 Å². The Bertz CT molecular complexity index is 419. The summed E-state index contributed by atoms with van der Waals surface area (Å²) in [6, 6.07) is -0.992. The third-order valence-electron chi connectivity index (χ3n) is 2.33. The van der Waals surface area contributed by atoms with Gasteiger partial charge in [0.25, 0.3) is 0 Å². The lowest BCUT2D eigenvalue weighted by atomic mass is 10.2. The van der Waals surface area contributed by atoms with Gasteiger partial charge in [-0.05, 0) is 0 Å². The molecule has 0 aliphatic rings. The van der Waals surface area contributed by atoms with Gasteiger partial charge in [-0.3, -0.25) is 14.9 Å². The fourth-order valence-electron chi connectivity index (χ4n) is 1.34. The number of amides is 1. The van der Waals surface area contributed by atoms with Crippen LogP contribution >= 0.6 is 0 Å². The molecule has 1 atom stereocenters. The highest BCUT2D eigenvalue weighted by molar-refractivity contribution is 5.83. The lowest BCUT2D eigenvalue weighted by Crippen LogP contribution is -2.39. The van der Waals surface area contributed by atoms with E-state index < -0.39 is 17.9 Å². The van der Waals surface area contributed by atoms with Crippen molar-refractivity contribution in [3.8, 4) is 0 Å². The van der Waals surface area contributed by atoms with Crippen LogP contribution in [-0.4, -0.2) is 33.0 Å². The minimum atomic E-state index is -1.11. The van der Waals surface area contributed by atoms with Crippen LogP contribution in [0.4, 0.5) is 0 Å². The fraction of sp³-hybridized carbons (Fsp3) is 0.455. The smallest absolute Gasteiger partial charge is 0.321 e. The van der Waals surface area contributed by atoms with Crippen molar-refractivity contribution in [3.05, 3.63) is 23.8 Å². The van der Waals surface area contributed by atoms with Gasteiger partial charge in [-0.15, -0.1) is 0 Å². The minimum absolute atomic E-state index is 0.247. The summed E-state index contributed by atoms with van der Waals surface area (Å²) in [6.45, 7) is 2.22. The summed E-state index contributed by atoms with van der Waals surface area (Å²) in [6.07, 6.45) is 3.75. The van der Waals surface area contributed by atoms with Crippen molar-refractivity contribution in [2.75, 3.05) is 0 Å². The number of aliphatic carboxylic acids is 1. The number of nitrogens with two attached hydrogens (primary N) is 1. The van der Waals surface area contributed by atoms with Gasteiger partial charge in [0.1, 0.15) is 11.9 Å². The summed E-state index contributed by atoms with van der Waals surface area (Å²) in [7, 11) is 0. The molecular formula is C11H16N4O3. The molecule has 0 aromatic carbocycles. The number of nitrogens with zero attached hydrogens (tertiary/aromatic N) is 2. The van der Waals surface area contributed by atoms with Gasteiger partial charge in [0.2, 0.25) is 5.91 Å². The number of aromatic nitrogens is 2. The molecule has 1 aromatic heterocycles. The molecule has 0 spiro atoms. The monoisotopic (exact) mass is 252 g/mol. The molecule has 7 nitrogen and oxygen atoms in total. The number of rotatable bonds is 7. The van der Waals surface area contributed by atoms with Crippen LogP contribution in [0.3, 0.4) is 0 Å². The van der Waals surface area contributed by atoms with Gasteiger partial charge >= 0.3 is 5.97 Å². The summed E-state index contributed by atoms with van der Waals surface area (Å²) >= 11 is 0. The van der Waals surface area contributed by atoms with Crippen LogP contribution in [0, 0.1) is 0 Å². The largest absolute Gasteiger partial charge is 0.480 e. The van der Waals surface area contributed by atoms with Gasteiger partial charge in [-0.25, -0.2) is 9.97 Å². The van der Waals surface area contributed by atoms with Crippen LogP contribution in [0.1, 0.15) is 24.7 Å². The maximum atomic E-state index is 10.9. The Morgan fingerprint density at radius 3 is 2.50 bits per heavy atom. The molecule has 1 rings (SSSR count). The Balaban J connectivity index is 2.55. The average molecular weight is 252 g/mol. The van der Waals surface area contributed by atoms with E-state index >= 15 is 0 Å². The molecule has 0 aliphatic heterocycles. The molecule has 0 radical (unpaired) electrons. The molecule has 0 aliphatic carbocycles. The molecule has 1 aromatic rings. The Hall–Kier alpha value is -2.02. The molecule has 0 unspecified atom stereocenters. The highest BCUT2D eigenvalue weighted by Crippen LogP contribution is 1.99. The molecule has 18 heavy (non-hydrogen) atoms. The number of carbonyl (C=O) groups excluding carboxylic acids is 1. The topological polar surface area (TPSA) is 118 Å². The van der Waals surface area contributed by atoms with Crippen LogP contribution in [-0.2, 0) is 22.6 Å². The van der Waals surface area contributed by atoms with E-state index in [1.54, 1.807) is 12.4 Å². The van der Waals surface area contributed by atoms with Gasteiger partial charge in [0.05, 0.1) is 6.42 Å². The second kappa shape index (κ2) is 6.65. The first kappa shape index (κ1) is 14.0. The molecule has 1 heterocycles. The van der Waals surface area contributed by atoms with Crippen molar-refractivity contribution in [3.63, 3.8) is 0 Å². The van der Waals surface area contributed by atoms with Gasteiger partial charge in [-0.2, -0.15) is 0 Å². The normalized spacial score (nSPS) is 12.1. The highest BCUT2D eigenvalue weighted by Gasteiger charge is 2.19. The third kappa shape index (κ3) is 4.46. The van der Waals surface area contributed by atoms with Crippen LogP contribution in [0.5, 0.6) is 0 Å². The Morgan fingerprint density at radius 1 is 1.44 bits per heavy atom. The first-order chi connectivity index (χ1) is 8.52. The fourth-order valence-corrected chi connectivity index (χ4v) is 1.34. The van der Waals surface area contributed by atoms with Crippen molar-refractivity contribution < 1.29 is 14.7 Å². The van der Waals surface area contributed by atoms with Gasteiger partial charge < -0.3 is 10.8 Å². The van der Waals surface area contributed by atoms with E-state index in [2.05, 4.69) is 15.3 Å². The second-order valence-electron chi connectivity index (χ2n) is 3.80. The number of aryl methyl sites for hydroxylation is 1. The zero-order chi connectivity index (χ0) is 13.5. The zero-order valence-electron chi connectivity index (χ0n) is 10.1. The first-order valence-electron chi connectivity index (χ1n) is 5.57. The predicted octanol–water partition coefficient (Wildman–Crippen LogP) is -0.543.